The first kappa shape index (κ1) is 29.3. The van der Waals surface area contributed by atoms with Gasteiger partial charge in [0.1, 0.15) is 11.5 Å². The zero-order valence-corrected chi connectivity index (χ0v) is 29.0. The first-order valence-electron chi connectivity index (χ1n) is 17.8. The molecule has 0 fully saturated rings. The molecule has 9 aromatic rings. The second-order valence-corrected chi connectivity index (χ2v) is 14.7. The summed E-state index contributed by atoms with van der Waals surface area (Å²) in [4.78, 5) is 2.39. The number of anilines is 3. The standard InChI is InChI=1S/C49H31NOS/c1-3-15-32(16-4-1)35-19-9-13-25-44(35)50(33-17-5-2-6-18-33)34-27-28-38-39-30-46-43(31-48(39)52-47(38)29-34)49(42-24-12-14-26-45(42)51-46)40-22-10-7-20-36(40)37-21-8-11-23-41(37)49/h1-31H. The Bertz CT molecular complexity index is 2790. The predicted molar refractivity (Wildman–Crippen MR) is 217 cm³/mol. The van der Waals surface area contributed by atoms with Gasteiger partial charge >= 0.3 is 0 Å². The van der Waals surface area contributed by atoms with E-state index in [0.717, 1.165) is 28.6 Å². The first-order valence-corrected chi connectivity index (χ1v) is 18.6. The van der Waals surface area contributed by atoms with Gasteiger partial charge in [-0.2, -0.15) is 0 Å². The minimum absolute atomic E-state index is 0.474. The van der Waals surface area contributed by atoms with Crippen molar-refractivity contribution in [3.05, 3.63) is 210 Å². The normalized spacial score (nSPS) is 13.3. The van der Waals surface area contributed by atoms with Gasteiger partial charge in [0.2, 0.25) is 0 Å². The van der Waals surface area contributed by atoms with Crippen LogP contribution in [-0.4, -0.2) is 0 Å². The van der Waals surface area contributed by atoms with Gasteiger partial charge in [-0.25, -0.2) is 0 Å². The van der Waals surface area contributed by atoms with E-state index in [0.29, 0.717) is 0 Å². The highest BCUT2D eigenvalue weighted by molar-refractivity contribution is 7.25. The van der Waals surface area contributed by atoms with Crippen LogP contribution in [0.3, 0.4) is 0 Å². The van der Waals surface area contributed by atoms with Crippen molar-refractivity contribution in [2.24, 2.45) is 0 Å². The molecule has 0 N–H and O–H groups in total. The van der Waals surface area contributed by atoms with E-state index in [9.17, 15) is 0 Å². The molecule has 244 valence electrons. The number of hydrogen-bond acceptors (Lipinski definition) is 3. The van der Waals surface area contributed by atoms with E-state index >= 15 is 0 Å². The van der Waals surface area contributed by atoms with Crippen LogP contribution in [0.15, 0.2) is 188 Å². The highest BCUT2D eigenvalue weighted by Crippen LogP contribution is 2.62. The molecule has 1 aliphatic carbocycles. The monoisotopic (exact) mass is 681 g/mol. The Morgan fingerprint density at radius 1 is 0.404 bits per heavy atom. The van der Waals surface area contributed by atoms with Gasteiger partial charge in [0.25, 0.3) is 0 Å². The molecule has 1 aromatic heterocycles. The molecule has 0 saturated heterocycles. The van der Waals surface area contributed by atoms with Crippen molar-refractivity contribution in [2.45, 2.75) is 5.41 Å². The van der Waals surface area contributed by atoms with E-state index < -0.39 is 5.41 Å². The second kappa shape index (κ2) is 11.3. The van der Waals surface area contributed by atoms with E-state index in [-0.39, 0.29) is 0 Å². The van der Waals surface area contributed by atoms with Gasteiger partial charge in [0.05, 0.1) is 11.1 Å². The topological polar surface area (TPSA) is 12.5 Å². The average Bonchev–Trinajstić information content (AvgIpc) is 3.71. The quantitative estimate of drug-likeness (QED) is 0.183. The van der Waals surface area contributed by atoms with Crippen molar-refractivity contribution in [3.63, 3.8) is 0 Å². The Hall–Kier alpha value is -6.42. The van der Waals surface area contributed by atoms with Crippen LogP contribution >= 0.6 is 11.3 Å². The summed E-state index contributed by atoms with van der Waals surface area (Å²) in [6, 6.07) is 68.1. The van der Waals surface area contributed by atoms with Crippen molar-refractivity contribution in [2.75, 3.05) is 4.90 Å². The molecule has 0 radical (unpaired) electrons. The van der Waals surface area contributed by atoms with Gasteiger partial charge in [0.15, 0.2) is 0 Å². The lowest BCUT2D eigenvalue weighted by Gasteiger charge is -2.39. The Morgan fingerprint density at radius 2 is 1.00 bits per heavy atom. The van der Waals surface area contributed by atoms with Crippen LogP contribution < -0.4 is 9.64 Å². The van der Waals surface area contributed by atoms with Crippen LogP contribution in [0.1, 0.15) is 22.3 Å². The third kappa shape index (κ3) is 4.11. The maximum atomic E-state index is 6.85. The van der Waals surface area contributed by atoms with Crippen molar-refractivity contribution in [1.29, 1.82) is 0 Å². The Kier molecular flexibility index (Phi) is 6.37. The number of hydrogen-bond donors (Lipinski definition) is 0. The number of thiophene rings is 1. The van der Waals surface area contributed by atoms with Crippen LogP contribution in [0.2, 0.25) is 0 Å². The summed E-state index contributed by atoms with van der Waals surface area (Å²) in [6.45, 7) is 0. The summed E-state index contributed by atoms with van der Waals surface area (Å²) < 4.78 is 9.35. The van der Waals surface area contributed by atoms with E-state index in [1.807, 2.05) is 11.3 Å². The molecule has 3 heteroatoms. The molecule has 1 spiro atoms. The minimum atomic E-state index is -0.474. The number of nitrogens with zero attached hydrogens (tertiary/aromatic N) is 1. The van der Waals surface area contributed by atoms with E-state index in [2.05, 4.69) is 193 Å². The van der Waals surface area contributed by atoms with Crippen molar-refractivity contribution < 1.29 is 4.74 Å². The van der Waals surface area contributed by atoms with Gasteiger partial charge < -0.3 is 9.64 Å². The SMILES string of the molecule is c1ccc(-c2ccccc2N(c2ccccc2)c2ccc3c(c2)sc2cc4c(cc23)Oc2ccccc2C42c3ccccc3-c3ccccc32)cc1. The van der Waals surface area contributed by atoms with Gasteiger partial charge in [0, 0.05) is 48.2 Å². The molecule has 8 aromatic carbocycles. The molecular formula is C49H31NOS. The van der Waals surface area contributed by atoms with Crippen molar-refractivity contribution >= 4 is 48.6 Å². The molecule has 0 amide bonds. The Balaban J connectivity index is 1.14. The fourth-order valence-electron chi connectivity index (χ4n) is 8.79. The molecule has 0 saturated carbocycles. The molecule has 2 heterocycles. The number of ether oxygens (including phenoxy) is 1. The van der Waals surface area contributed by atoms with Gasteiger partial charge in [-0.3, -0.25) is 0 Å². The molecule has 11 rings (SSSR count). The van der Waals surface area contributed by atoms with Crippen molar-refractivity contribution in [3.8, 4) is 33.8 Å². The maximum absolute atomic E-state index is 6.85. The lowest BCUT2D eigenvalue weighted by atomic mass is 9.66. The molecule has 0 bridgehead atoms. The zero-order valence-electron chi connectivity index (χ0n) is 28.2. The Labute approximate surface area is 306 Å². The fourth-order valence-corrected chi connectivity index (χ4v) is 9.95. The van der Waals surface area contributed by atoms with Crippen LogP contribution in [0, 0.1) is 0 Å². The van der Waals surface area contributed by atoms with Gasteiger partial charge in [-0.05, 0) is 76.3 Å². The summed E-state index contributed by atoms with van der Waals surface area (Å²) in [5.74, 6) is 1.84. The smallest absolute Gasteiger partial charge is 0.132 e. The summed E-state index contributed by atoms with van der Waals surface area (Å²) in [7, 11) is 0. The third-order valence-electron chi connectivity index (χ3n) is 10.9. The van der Waals surface area contributed by atoms with Gasteiger partial charge in [-0.15, -0.1) is 11.3 Å². The molecule has 2 nitrogen and oxygen atoms in total. The van der Waals surface area contributed by atoms with Crippen LogP contribution in [0.25, 0.3) is 42.4 Å². The predicted octanol–water partition coefficient (Wildman–Crippen LogP) is 13.7. The number of para-hydroxylation sites is 3. The lowest BCUT2D eigenvalue weighted by molar-refractivity contribution is 0.437. The molecular weight excluding hydrogens is 651 g/mol. The van der Waals surface area contributed by atoms with E-state index in [4.69, 9.17) is 4.74 Å². The van der Waals surface area contributed by atoms with Crippen LogP contribution in [0.4, 0.5) is 17.1 Å². The summed E-state index contributed by atoms with van der Waals surface area (Å²) in [6.07, 6.45) is 0. The highest BCUT2D eigenvalue weighted by Gasteiger charge is 2.51. The molecule has 52 heavy (non-hydrogen) atoms. The molecule has 2 aliphatic rings. The summed E-state index contributed by atoms with van der Waals surface area (Å²) in [5, 5.41) is 2.45. The van der Waals surface area contributed by atoms with Crippen LogP contribution in [0.5, 0.6) is 11.5 Å². The summed E-state index contributed by atoms with van der Waals surface area (Å²) in [5.41, 5.74) is 12.9. The van der Waals surface area contributed by atoms with Crippen LogP contribution in [-0.2, 0) is 5.41 Å². The average molecular weight is 682 g/mol. The molecule has 0 atom stereocenters. The van der Waals surface area contributed by atoms with E-state index in [1.54, 1.807) is 0 Å². The van der Waals surface area contributed by atoms with E-state index in [1.165, 1.54) is 64.7 Å². The fraction of sp³-hybridized carbons (Fsp3) is 0.0204. The molecule has 0 unspecified atom stereocenters. The van der Waals surface area contributed by atoms with Crippen molar-refractivity contribution in [1.82, 2.24) is 0 Å². The lowest BCUT2D eigenvalue weighted by Crippen LogP contribution is -2.32. The largest absolute Gasteiger partial charge is 0.457 e. The second-order valence-electron chi connectivity index (χ2n) is 13.6. The highest BCUT2D eigenvalue weighted by atomic mass is 32.1. The minimum Gasteiger partial charge on any atom is -0.457 e. The zero-order chi connectivity index (χ0) is 34.2. The summed E-state index contributed by atoms with van der Waals surface area (Å²) >= 11 is 1.86. The van der Waals surface area contributed by atoms with Gasteiger partial charge in [-0.1, -0.05) is 140 Å². The number of rotatable bonds is 4. The molecule has 1 aliphatic heterocycles. The maximum Gasteiger partial charge on any atom is 0.132 e. The first-order chi connectivity index (χ1) is 25.8. The third-order valence-corrected chi connectivity index (χ3v) is 12.0. The number of fused-ring (bicyclic) bond motifs is 12. The Morgan fingerprint density at radius 3 is 1.75 bits per heavy atom. The number of benzene rings is 8.